The van der Waals surface area contributed by atoms with Gasteiger partial charge in [0.1, 0.15) is 0 Å². The molecule has 0 saturated carbocycles. The molecule has 1 aliphatic carbocycles. The van der Waals surface area contributed by atoms with Crippen LogP contribution in [0, 0.1) is 0 Å². The minimum Gasteiger partial charge on any atom is -0.288 e. The first kappa shape index (κ1) is 6.91. The number of hydrogen-bond acceptors (Lipinski definition) is 3. The lowest BCUT2D eigenvalue weighted by atomic mass is 10.2. The molecule has 2 rings (SSSR count). The Hall–Kier alpha value is -1.77. The number of Topliss-reactive ketones (excluding diaryl/α,β-unsaturated/α-hetero) is 2. The molecule has 1 aromatic heterocycles. The van der Waals surface area contributed by atoms with Gasteiger partial charge in [0.25, 0.3) is 0 Å². The Balaban J connectivity index is 2.76. The molecule has 3 nitrogen and oxygen atoms in total. The van der Waals surface area contributed by atoms with Crippen LogP contribution in [-0.2, 0) is 0 Å². The van der Waals surface area contributed by atoms with Crippen molar-refractivity contribution in [2.45, 2.75) is 0 Å². The first-order chi connectivity index (χ1) is 5.72. The molecule has 0 aliphatic heterocycles. The molecular weight excluding hydrogens is 154 g/mol. The van der Waals surface area contributed by atoms with Crippen molar-refractivity contribution >= 4 is 11.6 Å². The molecule has 0 bridgehead atoms. The molecule has 1 aromatic rings. The van der Waals surface area contributed by atoms with Gasteiger partial charge in [0, 0.05) is 18.0 Å². The molecule has 0 unspecified atom stereocenters. The summed E-state index contributed by atoms with van der Waals surface area (Å²) in [5.41, 5.74) is 0.825. The van der Waals surface area contributed by atoms with E-state index in [9.17, 15) is 9.59 Å². The number of allylic oxidation sites excluding steroid dienone is 1. The highest BCUT2D eigenvalue weighted by Crippen LogP contribution is 2.23. The van der Waals surface area contributed by atoms with Crippen molar-refractivity contribution < 1.29 is 9.59 Å². The van der Waals surface area contributed by atoms with E-state index in [1.165, 1.54) is 18.5 Å². The summed E-state index contributed by atoms with van der Waals surface area (Å²) >= 11 is 0. The smallest absolute Gasteiger partial charge is 0.198 e. The zero-order valence-corrected chi connectivity index (χ0v) is 6.20. The van der Waals surface area contributed by atoms with Gasteiger partial charge in [-0.1, -0.05) is 6.58 Å². The van der Waals surface area contributed by atoms with E-state index in [1.54, 1.807) is 0 Å². The quantitative estimate of drug-likeness (QED) is 0.419. The van der Waals surface area contributed by atoms with Crippen LogP contribution >= 0.6 is 0 Å². The maximum atomic E-state index is 11.3. The van der Waals surface area contributed by atoms with Crippen LogP contribution in [0.15, 0.2) is 30.6 Å². The van der Waals surface area contributed by atoms with Crippen LogP contribution in [0.5, 0.6) is 0 Å². The summed E-state index contributed by atoms with van der Waals surface area (Å²) in [5.74, 6) is -0.583. The molecule has 0 aromatic carbocycles. The molecular formula is C9H5NO2. The Labute approximate surface area is 68.7 Å². The molecule has 0 atom stereocenters. The number of ketones is 2. The van der Waals surface area contributed by atoms with Gasteiger partial charge in [-0.25, -0.2) is 0 Å². The summed E-state index contributed by atoms with van der Waals surface area (Å²) in [6.45, 7) is 3.40. The second-order valence-corrected chi connectivity index (χ2v) is 2.56. The Morgan fingerprint density at radius 2 is 1.83 bits per heavy atom. The molecule has 0 fully saturated rings. The van der Waals surface area contributed by atoms with Crippen molar-refractivity contribution in [3.05, 3.63) is 41.7 Å². The predicted molar refractivity (Wildman–Crippen MR) is 42.0 cm³/mol. The number of carbonyl (C=O) groups is 2. The van der Waals surface area contributed by atoms with Crippen molar-refractivity contribution in [1.29, 1.82) is 0 Å². The average molecular weight is 159 g/mol. The van der Waals surface area contributed by atoms with Gasteiger partial charge >= 0.3 is 0 Å². The van der Waals surface area contributed by atoms with Gasteiger partial charge in [-0.15, -0.1) is 0 Å². The first-order valence-electron chi connectivity index (χ1n) is 3.44. The fourth-order valence-corrected chi connectivity index (χ4v) is 1.20. The van der Waals surface area contributed by atoms with Crippen LogP contribution in [0.4, 0.5) is 0 Å². The molecule has 0 amide bonds. The van der Waals surface area contributed by atoms with Crippen LogP contribution in [0.3, 0.4) is 0 Å². The molecule has 3 heteroatoms. The van der Waals surface area contributed by atoms with Gasteiger partial charge in [-0.05, 0) is 6.07 Å². The first-order valence-corrected chi connectivity index (χ1v) is 3.44. The van der Waals surface area contributed by atoms with Gasteiger partial charge in [0.2, 0.25) is 0 Å². The summed E-state index contributed by atoms with van der Waals surface area (Å²) < 4.78 is 0. The summed E-state index contributed by atoms with van der Waals surface area (Å²) in [6.07, 6.45) is 2.89. The van der Waals surface area contributed by atoms with Crippen molar-refractivity contribution in [2.24, 2.45) is 0 Å². The molecule has 58 valence electrons. The van der Waals surface area contributed by atoms with Crippen LogP contribution < -0.4 is 0 Å². The van der Waals surface area contributed by atoms with Crippen LogP contribution in [-0.4, -0.2) is 16.6 Å². The molecule has 1 heterocycles. The standard InChI is InChI=1S/C9H5NO2/c1-5-8(11)6-2-3-10-4-7(6)9(5)12/h2-4H,1H2. The van der Waals surface area contributed by atoms with Gasteiger partial charge < -0.3 is 0 Å². The van der Waals surface area contributed by atoms with E-state index in [0.29, 0.717) is 11.1 Å². The third-order valence-electron chi connectivity index (χ3n) is 1.86. The Bertz CT molecular complexity index is 370. The van der Waals surface area contributed by atoms with Gasteiger partial charge in [0.05, 0.1) is 11.1 Å². The minimum atomic E-state index is -0.303. The zero-order chi connectivity index (χ0) is 8.72. The Morgan fingerprint density at radius 3 is 2.50 bits per heavy atom. The number of pyridine rings is 1. The lowest BCUT2D eigenvalue weighted by Gasteiger charge is -1.89. The topological polar surface area (TPSA) is 47.0 Å². The number of aromatic nitrogens is 1. The van der Waals surface area contributed by atoms with Crippen LogP contribution in [0.1, 0.15) is 20.7 Å². The third kappa shape index (κ3) is 0.676. The van der Waals surface area contributed by atoms with Crippen molar-refractivity contribution in [3.63, 3.8) is 0 Å². The predicted octanol–water partition coefficient (Wildman–Crippen LogP) is 1.02. The lowest BCUT2D eigenvalue weighted by Crippen LogP contribution is -1.97. The molecule has 1 aliphatic rings. The van der Waals surface area contributed by atoms with Crippen molar-refractivity contribution in [3.8, 4) is 0 Å². The van der Waals surface area contributed by atoms with Crippen molar-refractivity contribution in [2.75, 3.05) is 0 Å². The molecule has 0 radical (unpaired) electrons. The maximum Gasteiger partial charge on any atom is 0.198 e. The highest BCUT2D eigenvalue weighted by Gasteiger charge is 2.31. The lowest BCUT2D eigenvalue weighted by molar-refractivity contribution is 0.0989. The average Bonchev–Trinajstić information content (AvgIpc) is 2.33. The second-order valence-electron chi connectivity index (χ2n) is 2.56. The molecule has 0 saturated heterocycles. The van der Waals surface area contributed by atoms with E-state index < -0.39 is 0 Å². The SMILES string of the molecule is C=C1C(=O)c2ccncc2C1=O. The van der Waals surface area contributed by atoms with E-state index >= 15 is 0 Å². The molecule has 0 spiro atoms. The summed E-state index contributed by atoms with van der Waals surface area (Å²) in [5, 5.41) is 0. The van der Waals surface area contributed by atoms with E-state index in [0.717, 1.165) is 0 Å². The van der Waals surface area contributed by atoms with Crippen molar-refractivity contribution in [1.82, 2.24) is 4.98 Å². The number of rotatable bonds is 0. The van der Waals surface area contributed by atoms with E-state index in [1.807, 2.05) is 0 Å². The number of carbonyl (C=O) groups excluding carboxylic acids is 2. The highest BCUT2D eigenvalue weighted by molar-refractivity contribution is 6.38. The number of nitrogens with zero attached hydrogens (tertiary/aromatic N) is 1. The highest BCUT2D eigenvalue weighted by atomic mass is 16.2. The summed E-state index contributed by atoms with van der Waals surface area (Å²) in [6, 6.07) is 1.54. The second kappa shape index (κ2) is 2.11. The maximum absolute atomic E-state index is 11.3. The monoisotopic (exact) mass is 159 g/mol. The molecule has 0 N–H and O–H groups in total. The fourth-order valence-electron chi connectivity index (χ4n) is 1.20. The number of fused-ring (bicyclic) bond motifs is 1. The van der Waals surface area contributed by atoms with E-state index in [4.69, 9.17) is 0 Å². The largest absolute Gasteiger partial charge is 0.288 e. The fraction of sp³-hybridized carbons (Fsp3) is 0. The van der Waals surface area contributed by atoms with Gasteiger partial charge in [-0.3, -0.25) is 14.6 Å². The Kier molecular flexibility index (Phi) is 1.21. The van der Waals surface area contributed by atoms with E-state index in [2.05, 4.69) is 11.6 Å². The summed E-state index contributed by atoms with van der Waals surface area (Å²) in [7, 11) is 0. The minimum absolute atomic E-state index is 0.0398. The van der Waals surface area contributed by atoms with Gasteiger partial charge in [0.15, 0.2) is 11.6 Å². The zero-order valence-electron chi connectivity index (χ0n) is 6.20. The number of hydrogen-bond donors (Lipinski definition) is 0. The third-order valence-corrected chi connectivity index (χ3v) is 1.86. The van der Waals surface area contributed by atoms with Crippen LogP contribution in [0.2, 0.25) is 0 Å². The van der Waals surface area contributed by atoms with Crippen LogP contribution in [0.25, 0.3) is 0 Å². The normalized spacial score (nSPS) is 15.2. The van der Waals surface area contributed by atoms with Gasteiger partial charge in [-0.2, -0.15) is 0 Å². The Morgan fingerprint density at radius 1 is 1.17 bits per heavy atom. The van der Waals surface area contributed by atoms with E-state index in [-0.39, 0.29) is 17.1 Å². The molecule has 12 heavy (non-hydrogen) atoms. The summed E-state index contributed by atoms with van der Waals surface area (Å²) in [4.78, 5) is 26.3.